The van der Waals surface area contributed by atoms with Gasteiger partial charge in [-0.2, -0.15) is 0 Å². The Morgan fingerprint density at radius 2 is 1.70 bits per heavy atom. The Labute approximate surface area is 114 Å². The average Bonchev–Trinajstić information content (AvgIpc) is 2.44. The largest absolute Gasteiger partial charge is 0.485 e. The van der Waals surface area contributed by atoms with Crippen LogP contribution in [0.1, 0.15) is 29.7 Å². The number of rotatable bonds is 1. The molecule has 0 aliphatic carbocycles. The molecule has 2 aromatic carbocycles. The van der Waals surface area contributed by atoms with Crippen molar-refractivity contribution >= 4 is 0 Å². The monoisotopic (exact) mass is 279 g/mol. The van der Waals surface area contributed by atoms with Gasteiger partial charge in [0.1, 0.15) is 11.9 Å². The van der Waals surface area contributed by atoms with E-state index in [0.717, 1.165) is 17.7 Å². The fourth-order valence-corrected chi connectivity index (χ4v) is 2.42. The topological polar surface area (TPSA) is 35.2 Å². The first-order valence-corrected chi connectivity index (χ1v) is 6.22. The van der Waals surface area contributed by atoms with Crippen molar-refractivity contribution in [3.05, 3.63) is 65.0 Å². The van der Waals surface area contributed by atoms with E-state index in [1.807, 2.05) is 12.1 Å². The van der Waals surface area contributed by atoms with Gasteiger partial charge >= 0.3 is 0 Å². The third kappa shape index (κ3) is 2.14. The SMILES string of the molecule is NC1CC(c2cc(F)c(F)c(F)c2)Oc2ccccc21. The highest BCUT2D eigenvalue weighted by atomic mass is 19.2. The number of nitrogens with two attached hydrogens (primary N) is 1. The Bertz CT molecular complexity index is 636. The molecule has 0 saturated heterocycles. The number of fused-ring (bicyclic) bond motifs is 1. The standard InChI is InChI=1S/C15H12F3NO/c16-10-5-8(6-11(17)15(10)18)14-7-12(19)9-3-1-2-4-13(9)20-14/h1-6,12,14H,7,19H2. The van der Waals surface area contributed by atoms with Crippen molar-refractivity contribution < 1.29 is 17.9 Å². The third-order valence-electron chi connectivity index (χ3n) is 3.43. The van der Waals surface area contributed by atoms with Crippen LogP contribution in [0, 0.1) is 17.5 Å². The zero-order valence-corrected chi connectivity index (χ0v) is 10.4. The summed E-state index contributed by atoms with van der Waals surface area (Å²) >= 11 is 0. The highest BCUT2D eigenvalue weighted by Crippen LogP contribution is 2.39. The number of benzene rings is 2. The van der Waals surface area contributed by atoms with Gasteiger partial charge in [-0.25, -0.2) is 13.2 Å². The van der Waals surface area contributed by atoms with Gasteiger partial charge in [0.05, 0.1) is 0 Å². The average molecular weight is 279 g/mol. The van der Waals surface area contributed by atoms with Gasteiger partial charge in [-0.1, -0.05) is 18.2 Å². The lowest BCUT2D eigenvalue weighted by molar-refractivity contribution is 0.160. The van der Waals surface area contributed by atoms with Crippen LogP contribution in [0.15, 0.2) is 36.4 Å². The van der Waals surface area contributed by atoms with E-state index in [4.69, 9.17) is 10.5 Å². The second-order valence-corrected chi connectivity index (χ2v) is 4.79. The summed E-state index contributed by atoms with van der Waals surface area (Å²) in [7, 11) is 0. The van der Waals surface area contributed by atoms with Gasteiger partial charge in [-0.3, -0.25) is 0 Å². The first-order chi connectivity index (χ1) is 9.56. The van der Waals surface area contributed by atoms with Gasteiger partial charge in [0.2, 0.25) is 0 Å². The van der Waals surface area contributed by atoms with Crippen molar-refractivity contribution in [3.8, 4) is 5.75 Å². The zero-order valence-electron chi connectivity index (χ0n) is 10.4. The molecule has 2 aromatic rings. The summed E-state index contributed by atoms with van der Waals surface area (Å²) in [5, 5.41) is 0. The lowest BCUT2D eigenvalue weighted by Crippen LogP contribution is -2.24. The number of halogens is 3. The lowest BCUT2D eigenvalue weighted by atomic mass is 9.93. The summed E-state index contributed by atoms with van der Waals surface area (Å²) in [6.07, 6.45) is -0.217. The van der Waals surface area contributed by atoms with Gasteiger partial charge < -0.3 is 10.5 Å². The maximum Gasteiger partial charge on any atom is 0.194 e. The van der Waals surface area contributed by atoms with Crippen molar-refractivity contribution in [2.75, 3.05) is 0 Å². The maximum atomic E-state index is 13.3. The summed E-state index contributed by atoms with van der Waals surface area (Å²) in [5.41, 5.74) is 7.13. The van der Waals surface area contributed by atoms with Crippen LogP contribution >= 0.6 is 0 Å². The number of hydrogen-bond acceptors (Lipinski definition) is 2. The molecule has 0 saturated carbocycles. The molecule has 2 nitrogen and oxygen atoms in total. The fourth-order valence-electron chi connectivity index (χ4n) is 2.42. The molecule has 0 spiro atoms. The molecule has 0 bridgehead atoms. The molecular weight excluding hydrogens is 267 g/mol. The van der Waals surface area contributed by atoms with Crippen molar-refractivity contribution in [3.63, 3.8) is 0 Å². The van der Waals surface area contributed by atoms with Gasteiger partial charge in [0, 0.05) is 18.0 Å². The number of ether oxygens (including phenoxy) is 1. The molecule has 0 aromatic heterocycles. The summed E-state index contributed by atoms with van der Waals surface area (Å²) in [5.74, 6) is -3.34. The molecule has 2 N–H and O–H groups in total. The molecule has 104 valence electrons. The van der Waals surface area contributed by atoms with Crippen LogP contribution in [-0.2, 0) is 0 Å². The first-order valence-electron chi connectivity index (χ1n) is 6.22. The number of para-hydroxylation sites is 1. The van der Waals surface area contributed by atoms with Crippen LogP contribution < -0.4 is 10.5 Å². The van der Waals surface area contributed by atoms with Crippen molar-refractivity contribution in [1.29, 1.82) is 0 Å². The van der Waals surface area contributed by atoms with E-state index in [0.29, 0.717) is 12.2 Å². The minimum absolute atomic E-state index is 0.242. The zero-order chi connectivity index (χ0) is 14.3. The van der Waals surface area contributed by atoms with Crippen LogP contribution in [0.5, 0.6) is 5.75 Å². The molecule has 2 atom stereocenters. The Morgan fingerprint density at radius 3 is 2.40 bits per heavy atom. The van der Waals surface area contributed by atoms with E-state index in [2.05, 4.69) is 0 Å². The van der Waals surface area contributed by atoms with Gasteiger partial charge in [0.25, 0.3) is 0 Å². The second kappa shape index (κ2) is 4.83. The normalized spacial score (nSPS) is 21.2. The molecule has 5 heteroatoms. The van der Waals surface area contributed by atoms with E-state index in [-0.39, 0.29) is 11.6 Å². The lowest BCUT2D eigenvalue weighted by Gasteiger charge is -2.30. The van der Waals surface area contributed by atoms with Crippen LogP contribution in [0.2, 0.25) is 0 Å². The molecule has 1 aliphatic heterocycles. The molecular formula is C15H12F3NO. The summed E-state index contributed by atoms with van der Waals surface area (Å²) < 4.78 is 45.3. The quantitative estimate of drug-likeness (QED) is 0.809. The van der Waals surface area contributed by atoms with E-state index in [1.54, 1.807) is 12.1 Å². The van der Waals surface area contributed by atoms with E-state index in [9.17, 15) is 13.2 Å². The van der Waals surface area contributed by atoms with Gasteiger partial charge in [-0.05, 0) is 23.8 Å². The van der Waals surface area contributed by atoms with Crippen molar-refractivity contribution in [2.45, 2.75) is 18.6 Å². The van der Waals surface area contributed by atoms with Crippen molar-refractivity contribution in [2.24, 2.45) is 5.73 Å². The summed E-state index contributed by atoms with van der Waals surface area (Å²) in [6, 6.07) is 8.84. The molecule has 0 fully saturated rings. The molecule has 2 unspecified atom stereocenters. The molecule has 3 rings (SSSR count). The Hall–Kier alpha value is -2.01. The predicted octanol–water partition coefficient (Wildman–Crippen LogP) is 3.63. The molecule has 0 amide bonds. The molecule has 1 aliphatic rings. The Kier molecular flexibility index (Phi) is 3.14. The smallest absolute Gasteiger partial charge is 0.194 e. The molecule has 1 heterocycles. The highest BCUT2D eigenvalue weighted by molar-refractivity contribution is 5.39. The minimum atomic E-state index is -1.48. The first kappa shape index (κ1) is 13.0. The highest BCUT2D eigenvalue weighted by Gasteiger charge is 2.28. The van der Waals surface area contributed by atoms with E-state index < -0.39 is 23.6 Å². The van der Waals surface area contributed by atoms with E-state index in [1.165, 1.54) is 0 Å². The van der Waals surface area contributed by atoms with E-state index >= 15 is 0 Å². The Balaban J connectivity index is 1.98. The van der Waals surface area contributed by atoms with Crippen LogP contribution in [0.4, 0.5) is 13.2 Å². The van der Waals surface area contributed by atoms with Gasteiger partial charge in [0.15, 0.2) is 17.5 Å². The Morgan fingerprint density at radius 1 is 1.05 bits per heavy atom. The molecule has 20 heavy (non-hydrogen) atoms. The number of hydrogen-bond donors (Lipinski definition) is 1. The summed E-state index contributed by atoms with van der Waals surface area (Å²) in [6.45, 7) is 0. The molecule has 0 radical (unpaired) electrons. The van der Waals surface area contributed by atoms with Crippen molar-refractivity contribution in [1.82, 2.24) is 0 Å². The van der Waals surface area contributed by atoms with Gasteiger partial charge in [-0.15, -0.1) is 0 Å². The van der Waals surface area contributed by atoms with Crippen LogP contribution in [-0.4, -0.2) is 0 Å². The van der Waals surface area contributed by atoms with Crippen LogP contribution in [0.3, 0.4) is 0 Å². The fraction of sp³-hybridized carbons (Fsp3) is 0.200. The minimum Gasteiger partial charge on any atom is -0.485 e. The summed E-state index contributed by atoms with van der Waals surface area (Å²) in [4.78, 5) is 0. The second-order valence-electron chi connectivity index (χ2n) is 4.79. The predicted molar refractivity (Wildman–Crippen MR) is 67.7 cm³/mol. The van der Waals surface area contributed by atoms with Crippen LogP contribution in [0.25, 0.3) is 0 Å². The third-order valence-corrected chi connectivity index (χ3v) is 3.43. The maximum absolute atomic E-state index is 13.3.